The van der Waals surface area contributed by atoms with Gasteiger partial charge in [0.2, 0.25) is 5.95 Å². The highest BCUT2D eigenvalue weighted by molar-refractivity contribution is 6.39. The number of carbonyl (C=O) groups is 1. The number of imidazole rings is 1. The van der Waals surface area contributed by atoms with Crippen molar-refractivity contribution in [3.05, 3.63) is 69.2 Å². The van der Waals surface area contributed by atoms with E-state index in [2.05, 4.69) is 25.6 Å². The Bertz CT molecular complexity index is 1450. The number of H-pyrrole nitrogens is 1. The average molecular weight is 500 g/mol. The van der Waals surface area contributed by atoms with E-state index in [9.17, 15) is 9.18 Å². The number of hydrogen-bond acceptors (Lipinski definition) is 5. The van der Waals surface area contributed by atoms with Crippen LogP contribution in [0.5, 0.6) is 5.75 Å². The third-order valence-corrected chi connectivity index (χ3v) is 6.09. The average Bonchev–Trinajstić information content (AvgIpc) is 3.31. The summed E-state index contributed by atoms with van der Waals surface area (Å²) in [5.74, 6) is -0.172. The molecule has 0 unspecified atom stereocenters. The zero-order chi connectivity index (χ0) is 24.2. The molecule has 1 aliphatic heterocycles. The highest BCUT2D eigenvalue weighted by Crippen LogP contribution is 2.43. The maximum Gasteiger partial charge on any atom is 0.259 e. The molecule has 0 atom stereocenters. The quantitative estimate of drug-likeness (QED) is 0.301. The molecule has 2 aromatic heterocycles. The van der Waals surface area contributed by atoms with Crippen LogP contribution in [0.1, 0.15) is 35.3 Å². The number of rotatable bonds is 4. The van der Waals surface area contributed by atoms with Gasteiger partial charge in [-0.05, 0) is 44.5 Å². The third-order valence-electron chi connectivity index (χ3n) is 5.52. The molecule has 5 rings (SSSR count). The van der Waals surface area contributed by atoms with E-state index in [1.165, 1.54) is 24.5 Å². The molecule has 3 N–H and O–H groups in total. The molecule has 0 bridgehead atoms. The fourth-order valence-corrected chi connectivity index (χ4v) is 4.47. The summed E-state index contributed by atoms with van der Waals surface area (Å²) in [7, 11) is 0. The van der Waals surface area contributed by atoms with Crippen LogP contribution in [0.2, 0.25) is 10.0 Å². The lowest BCUT2D eigenvalue weighted by Crippen LogP contribution is -2.25. The normalized spacial score (nSPS) is 14.1. The Kier molecular flexibility index (Phi) is 5.37. The molecule has 7 nitrogen and oxygen atoms in total. The topological polar surface area (TPSA) is 91.9 Å². The second-order valence-electron chi connectivity index (χ2n) is 8.79. The lowest BCUT2D eigenvalue weighted by atomic mass is 9.98. The minimum absolute atomic E-state index is 0.0932. The van der Waals surface area contributed by atoms with E-state index >= 15 is 0 Å². The number of aromatic amines is 1. The Hall–Kier alpha value is -3.36. The molecule has 174 valence electrons. The van der Waals surface area contributed by atoms with E-state index in [4.69, 9.17) is 27.9 Å². The number of fused-ring (bicyclic) bond motifs is 3. The standard InChI is InChI=1S/C24H20Cl2FN5O2/c1-11-4-5-17(16(27)6-11)29-22(33)12-7-18-19(13-8-24(2,3)34-21(12)13)31-23(30-18)32-20-14(25)9-28-10-15(20)26/h4-7,9-10H,8H2,1-3H3,(H,29,33)(H2,28,30,31,32). The Labute approximate surface area is 204 Å². The zero-order valence-electron chi connectivity index (χ0n) is 18.5. The molecule has 0 saturated carbocycles. The molecule has 2 aromatic carbocycles. The first kappa shape index (κ1) is 22.4. The highest BCUT2D eigenvalue weighted by atomic mass is 35.5. The fraction of sp³-hybridized carbons (Fsp3) is 0.208. The second kappa shape index (κ2) is 8.14. The Morgan fingerprint density at radius 2 is 1.94 bits per heavy atom. The van der Waals surface area contributed by atoms with Crippen molar-refractivity contribution in [1.29, 1.82) is 0 Å². The number of ether oxygens (including phenoxy) is 1. The molecule has 1 aliphatic rings. The van der Waals surface area contributed by atoms with Gasteiger partial charge in [0.25, 0.3) is 5.91 Å². The smallest absolute Gasteiger partial charge is 0.259 e. The molecular formula is C24H20Cl2FN5O2. The molecular weight excluding hydrogens is 480 g/mol. The SMILES string of the molecule is Cc1ccc(NC(=O)c2cc3[nH]c(Nc4c(Cl)cncc4Cl)nc3c3c2OC(C)(C)C3)c(F)c1. The van der Waals surface area contributed by atoms with Gasteiger partial charge in [-0.2, -0.15) is 0 Å². The van der Waals surface area contributed by atoms with Gasteiger partial charge in [-0.1, -0.05) is 29.3 Å². The number of amides is 1. The summed E-state index contributed by atoms with van der Waals surface area (Å²) >= 11 is 12.4. The maximum absolute atomic E-state index is 14.4. The summed E-state index contributed by atoms with van der Waals surface area (Å²) in [4.78, 5) is 25.0. The summed E-state index contributed by atoms with van der Waals surface area (Å²) in [6.45, 7) is 5.65. The van der Waals surface area contributed by atoms with Crippen LogP contribution in [0.3, 0.4) is 0 Å². The number of hydrogen-bond donors (Lipinski definition) is 3. The monoisotopic (exact) mass is 499 g/mol. The summed E-state index contributed by atoms with van der Waals surface area (Å²) in [6.07, 6.45) is 3.48. The lowest BCUT2D eigenvalue weighted by molar-refractivity contribution is 0.101. The Morgan fingerprint density at radius 3 is 2.65 bits per heavy atom. The van der Waals surface area contributed by atoms with Gasteiger partial charge in [0.05, 0.1) is 38.0 Å². The van der Waals surface area contributed by atoms with Crippen molar-refractivity contribution in [2.45, 2.75) is 32.8 Å². The van der Waals surface area contributed by atoms with Crippen LogP contribution in [0.15, 0.2) is 36.7 Å². The van der Waals surface area contributed by atoms with Crippen molar-refractivity contribution in [2.24, 2.45) is 0 Å². The van der Waals surface area contributed by atoms with Crippen molar-refractivity contribution in [3.8, 4) is 5.75 Å². The van der Waals surface area contributed by atoms with Crippen molar-refractivity contribution < 1.29 is 13.9 Å². The van der Waals surface area contributed by atoms with Crippen LogP contribution in [0.25, 0.3) is 11.0 Å². The van der Waals surface area contributed by atoms with Crippen molar-refractivity contribution in [1.82, 2.24) is 15.0 Å². The predicted octanol–water partition coefficient (Wildman–Crippen LogP) is 6.42. The molecule has 0 spiro atoms. The summed E-state index contributed by atoms with van der Waals surface area (Å²) in [5, 5.41) is 6.40. The zero-order valence-corrected chi connectivity index (χ0v) is 20.0. The van der Waals surface area contributed by atoms with Crippen LogP contribution in [-0.2, 0) is 6.42 Å². The minimum atomic E-state index is -0.537. The number of aryl methyl sites for hydroxylation is 1. The van der Waals surface area contributed by atoms with E-state index in [0.29, 0.717) is 44.9 Å². The Balaban J connectivity index is 1.57. The number of nitrogens with zero attached hydrogens (tertiary/aromatic N) is 2. The van der Waals surface area contributed by atoms with Crippen LogP contribution in [-0.4, -0.2) is 26.5 Å². The van der Waals surface area contributed by atoms with Crippen molar-refractivity contribution >= 4 is 57.5 Å². The molecule has 0 fully saturated rings. The summed E-state index contributed by atoms with van der Waals surface area (Å²) < 4.78 is 20.5. The third kappa shape index (κ3) is 4.03. The lowest BCUT2D eigenvalue weighted by Gasteiger charge is -2.18. The van der Waals surface area contributed by atoms with E-state index in [-0.39, 0.29) is 11.3 Å². The van der Waals surface area contributed by atoms with Crippen LogP contribution in [0.4, 0.5) is 21.7 Å². The summed E-state index contributed by atoms with van der Waals surface area (Å²) in [6, 6.07) is 6.27. The molecule has 34 heavy (non-hydrogen) atoms. The molecule has 10 heteroatoms. The number of benzene rings is 2. The van der Waals surface area contributed by atoms with Crippen LogP contribution >= 0.6 is 23.2 Å². The van der Waals surface area contributed by atoms with Crippen LogP contribution in [0, 0.1) is 12.7 Å². The van der Waals surface area contributed by atoms with Gasteiger partial charge in [-0.15, -0.1) is 0 Å². The van der Waals surface area contributed by atoms with Crippen LogP contribution < -0.4 is 15.4 Å². The Morgan fingerprint density at radius 1 is 1.21 bits per heavy atom. The van der Waals surface area contributed by atoms with Gasteiger partial charge < -0.3 is 20.4 Å². The van der Waals surface area contributed by atoms with Gasteiger partial charge in [-0.25, -0.2) is 9.37 Å². The number of nitrogens with one attached hydrogen (secondary N) is 3. The highest BCUT2D eigenvalue weighted by Gasteiger charge is 2.36. The second-order valence-corrected chi connectivity index (χ2v) is 9.61. The van der Waals surface area contributed by atoms with Gasteiger partial charge in [0.15, 0.2) is 0 Å². The first-order valence-corrected chi connectivity index (χ1v) is 11.2. The van der Waals surface area contributed by atoms with E-state index in [0.717, 1.165) is 11.1 Å². The molecule has 0 radical (unpaired) electrons. The molecule has 0 saturated heterocycles. The van der Waals surface area contributed by atoms with Gasteiger partial charge in [0, 0.05) is 24.4 Å². The maximum atomic E-state index is 14.4. The molecule has 0 aliphatic carbocycles. The van der Waals surface area contributed by atoms with Crippen molar-refractivity contribution in [3.63, 3.8) is 0 Å². The largest absolute Gasteiger partial charge is 0.486 e. The molecule has 4 aromatic rings. The van der Waals surface area contributed by atoms with Gasteiger partial charge >= 0.3 is 0 Å². The number of aromatic nitrogens is 3. The van der Waals surface area contributed by atoms with Crippen molar-refractivity contribution in [2.75, 3.05) is 10.6 Å². The number of halogens is 3. The van der Waals surface area contributed by atoms with Gasteiger partial charge in [0.1, 0.15) is 17.2 Å². The van der Waals surface area contributed by atoms with E-state index < -0.39 is 17.3 Å². The van der Waals surface area contributed by atoms with E-state index in [1.807, 2.05) is 13.8 Å². The van der Waals surface area contributed by atoms with Gasteiger partial charge in [-0.3, -0.25) is 9.78 Å². The first-order valence-electron chi connectivity index (χ1n) is 10.5. The number of anilines is 3. The first-order chi connectivity index (χ1) is 16.1. The molecule has 3 heterocycles. The fourth-order valence-electron chi connectivity index (χ4n) is 4.01. The predicted molar refractivity (Wildman–Crippen MR) is 131 cm³/mol. The number of carbonyl (C=O) groups excluding carboxylic acids is 1. The minimum Gasteiger partial charge on any atom is -0.486 e. The summed E-state index contributed by atoms with van der Waals surface area (Å²) in [5.41, 5.74) is 3.10. The molecule has 1 amide bonds. The van der Waals surface area contributed by atoms with E-state index in [1.54, 1.807) is 19.1 Å². The number of pyridine rings is 1.